The highest BCUT2D eigenvalue weighted by molar-refractivity contribution is 5.82. The second-order valence-corrected chi connectivity index (χ2v) is 7.16. The molecule has 1 aromatic carbocycles. The molecule has 2 amide bonds. The zero-order chi connectivity index (χ0) is 18.5. The second-order valence-electron chi connectivity index (χ2n) is 7.16. The van der Waals surface area contributed by atoms with Crippen molar-refractivity contribution in [1.29, 1.82) is 0 Å². The van der Waals surface area contributed by atoms with Crippen molar-refractivity contribution >= 4 is 11.8 Å². The van der Waals surface area contributed by atoms with Crippen LogP contribution in [-0.4, -0.2) is 62.0 Å². The number of carbonyl (C=O) groups is 2. The van der Waals surface area contributed by atoms with Crippen molar-refractivity contribution in [2.24, 2.45) is 11.8 Å². The third kappa shape index (κ3) is 4.68. The maximum atomic E-state index is 12.6. The molecule has 0 bridgehead atoms. The number of methoxy groups -OCH3 is 1. The highest BCUT2D eigenvalue weighted by atomic mass is 16.5. The van der Waals surface area contributed by atoms with Crippen LogP contribution in [0.25, 0.3) is 0 Å². The number of rotatable bonds is 7. The van der Waals surface area contributed by atoms with Crippen molar-refractivity contribution in [1.82, 2.24) is 9.80 Å². The van der Waals surface area contributed by atoms with Gasteiger partial charge in [0.2, 0.25) is 11.8 Å². The summed E-state index contributed by atoms with van der Waals surface area (Å²) in [6.07, 6.45) is 3.60. The first kappa shape index (κ1) is 18.5. The normalized spacial score (nSPS) is 17.7. The van der Waals surface area contributed by atoms with E-state index in [0.29, 0.717) is 26.2 Å². The fourth-order valence-electron chi connectivity index (χ4n) is 3.33. The van der Waals surface area contributed by atoms with Gasteiger partial charge < -0.3 is 19.3 Å². The number of likely N-dealkylation sites (N-methyl/N-ethyl adjacent to an activating group) is 1. The first-order chi connectivity index (χ1) is 12.6. The lowest BCUT2D eigenvalue weighted by atomic mass is 9.95. The summed E-state index contributed by atoms with van der Waals surface area (Å²) in [7, 11) is 3.45. The SMILES string of the molecule is COc1ccc(OCCN(C)C(=O)C2CCN(C(=O)C3CC3)CC2)cc1. The van der Waals surface area contributed by atoms with Gasteiger partial charge in [0.1, 0.15) is 18.1 Å². The van der Waals surface area contributed by atoms with Gasteiger partial charge in [0.05, 0.1) is 13.7 Å². The summed E-state index contributed by atoms with van der Waals surface area (Å²) in [5, 5.41) is 0. The van der Waals surface area contributed by atoms with Gasteiger partial charge in [0.15, 0.2) is 0 Å². The van der Waals surface area contributed by atoms with Crippen molar-refractivity contribution < 1.29 is 19.1 Å². The molecule has 1 aliphatic heterocycles. The number of hydrogen-bond acceptors (Lipinski definition) is 4. The van der Waals surface area contributed by atoms with Crippen LogP contribution in [0.4, 0.5) is 0 Å². The van der Waals surface area contributed by atoms with E-state index in [1.54, 1.807) is 12.0 Å². The Bertz CT molecular complexity index is 619. The molecule has 142 valence electrons. The van der Waals surface area contributed by atoms with E-state index in [1.165, 1.54) is 0 Å². The summed E-state index contributed by atoms with van der Waals surface area (Å²) in [4.78, 5) is 28.4. The molecular weight excluding hydrogens is 332 g/mol. The smallest absolute Gasteiger partial charge is 0.225 e. The van der Waals surface area contributed by atoms with Crippen LogP contribution in [0.2, 0.25) is 0 Å². The topological polar surface area (TPSA) is 59.1 Å². The van der Waals surface area contributed by atoms with Crippen LogP contribution in [0.3, 0.4) is 0 Å². The molecular formula is C20H28N2O4. The Labute approximate surface area is 155 Å². The van der Waals surface area contributed by atoms with Gasteiger partial charge in [0, 0.05) is 32.0 Å². The summed E-state index contributed by atoms with van der Waals surface area (Å²) in [5.74, 6) is 2.28. The molecule has 1 aliphatic carbocycles. The van der Waals surface area contributed by atoms with Gasteiger partial charge in [-0.15, -0.1) is 0 Å². The summed E-state index contributed by atoms with van der Waals surface area (Å²) in [6.45, 7) is 2.42. The number of benzene rings is 1. The zero-order valence-corrected chi connectivity index (χ0v) is 15.6. The molecule has 0 spiro atoms. The van der Waals surface area contributed by atoms with E-state index in [-0.39, 0.29) is 23.7 Å². The van der Waals surface area contributed by atoms with Crippen LogP contribution < -0.4 is 9.47 Å². The van der Waals surface area contributed by atoms with Crippen molar-refractivity contribution in [3.05, 3.63) is 24.3 Å². The van der Waals surface area contributed by atoms with Gasteiger partial charge in [-0.3, -0.25) is 9.59 Å². The van der Waals surface area contributed by atoms with Gasteiger partial charge in [0.25, 0.3) is 0 Å². The molecule has 0 atom stereocenters. The Morgan fingerprint density at radius 2 is 1.65 bits per heavy atom. The first-order valence-electron chi connectivity index (χ1n) is 9.39. The predicted octanol–water partition coefficient (Wildman–Crippen LogP) is 2.18. The highest BCUT2D eigenvalue weighted by Crippen LogP contribution is 2.32. The molecule has 1 aromatic rings. The van der Waals surface area contributed by atoms with Crippen LogP contribution in [0.1, 0.15) is 25.7 Å². The Morgan fingerprint density at radius 1 is 1.04 bits per heavy atom. The predicted molar refractivity (Wildman–Crippen MR) is 98.2 cm³/mol. The third-order valence-corrected chi connectivity index (χ3v) is 5.21. The van der Waals surface area contributed by atoms with Gasteiger partial charge >= 0.3 is 0 Å². The van der Waals surface area contributed by atoms with Crippen molar-refractivity contribution in [3.63, 3.8) is 0 Å². The van der Waals surface area contributed by atoms with Gasteiger partial charge in [-0.2, -0.15) is 0 Å². The largest absolute Gasteiger partial charge is 0.497 e. The van der Waals surface area contributed by atoms with Crippen LogP contribution in [0.15, 0.2) is 24.3 Å². The molecule has 0 aromatic heterocycles. The number of piperidine rings is 1. The summed E-state index contributed by atoms with van der Waals surface area (Å²) < 4.78 is 10.8. The molecule has 26 heavy (non-hydrogen) atoms. The van der Waals surface area contributed by atoms with E-state index in [1.807, 2.05) is 36.2 Å². The molecule has 2 aliphatic rings. The molecule has 0 N–H and O–H groups in total. The Kier molecular flexibility index (Phi) is 6.01. The van der Waals surface area contributed by atoms with Gasteiger partial charge in [-0.05, 0) is 49.9 Å². The standard InChI is InChI=1S/C20H28N2O4/c1-21(13-14-26-18-7-5-17(25-2)6-8-18)19(23)16-9-11-22(12-10-16)20(24)15-3-4-15/h5-8,15-16H,3-4,9-14H2,1-2H3. The Balaban J connectivity index is 1.38. The number of nitrogens with zero attached hydrogens (tertiary/aromatic N) is 2. The lowest BCUT2D eigenvalue weighted by Gasteiger charge is -2.33. The third-order valence-electron chi connectivity index (χ3n) is 5.21. The maximum Gasteiger partial charge on any atom is 0.225 e. The van der Waals surface area contributed by atoms with Crippen molar-refractivity contribution in [2.45, 2.75) is 25.7 Å². The molecule has 6 nitrogen and oxygen atoms in total. The minimum Gasteiger partial charge on any atom is -0.497 e. The number of carbonyl (C=O) groups excluding carboxylic acids is 2. The van der Waals surface area contributed by atoms with E-state index in [0.717, 1.165) is 37.2 Å². The molecule has 2 fully saturated rings. The number of amides is 2. The average molecular weight is 360 g/mol. The summed E-state index contributed by atoms with van der Waals surface area (Å²) >= 11 is 0. The van der Waals surface area contributed by atoms with Crippen LogP contribution in [0, 0.1) is 11.8 Å². The molecule has 3 rings (SSSR count). The average Bonchev–Trinajstić information content (AvgIpc) is 3.52. The first-order valence-corrected chi connectivity index (χ1v) is 9.39. The van der Waals surface area contributed by atoms with Crippen LogP contribution in [0.5, 0.6) is 11.5 Å². The summed E-state index contributed by atoms with van der Waals surface area (Å²) in [5.41, 5.74) is 0. The minimum atomic E-state index is 0.0178. The Hall–Kier alpha value is -2.24. The maximum absolute atomic E-state index is 12.6. The Morgan fingerprint density at radius 3 is 2.23 bits per heavy atom. The highest BCUT2D eigenvalue weighted by Gasteiger charge is 2.36. The van der Waals surface area contributed by atoms with E-state index in [4.69, 9.17) is 9.47 Å². The van der Waals surface area contributed by atoms with E-state index >= 15 is 0 Å². The molecule has 1 saturated carbocycles. The number of likely N-dealkylation sites (tertiary alicyclic amines) is 1. The van der Waals surface area contributed by atoms with Crippen LogP contribution >= 0.6 is 0 Å². The monoisotopic (exact) mass is 360 g/mol. The quantitative estimate of drug-likeness (QED) is 0.748. The number of hydrogen-bond donors (Lipinski definition) is 0. The molecule has 0 radical (unpaired) electrons. The zero-order valence-electron chi connectivity index (χ0n) is 15.6. The van der Waals surface area contributed by atoms with E-state index in [2.05, 4.69) is 0 Å². The fraction of sp³-hybridized carbons (Fsp3) is 0.600. The minimum absolute atomic E-state index is 0.0178. The van der Waals surface area contributed by atoms with Gasteiger partial charge in [-0.25, -0.2) is 0 Å². The van der Waals surface area contributed by atoms with Gasteiger partial charge in [-0.1, -0.05) is 0 Å². The fourth-order valence-corrected chi connectivity index (χ4v) is 3.33. The number of ether oxygens (including phenoxy) is 2. The lowest BCUT2D eigenvalue weighted by molar-refractivity contribution is -0.140. The van der Waals surface area contributed by atoms with Crippen molar-refractivity contribution in [3.8, 4) is 11.5 Å². The molecule has 1 heterocycles. The van der Waals surface area contributed by atoms with Crippen molar-refractivity contribution in [2.75, 3.05) is 40.4 Å². The lowest BCUT2D eigenvalue weighted by Crippen LogP contribution is -2.44. The molecule has 0 unspecified atom stereocenters. The second kappa shape index (κ2) is 8.43. The van der Waals surface area contributed by atoms with E-state index < -0.39 is 0 Å². The molecule has 6 heteroatoms. The molecule has 1 saturated heterocycles. The summed E-state index contributed by atoms with van der Waals surface area (Å²) in [6, 6.07) is 7.41. The van der Waals surface area contributed by atoms with Crippen LogP contribution in [-0.2, 0) is 9.59 Å². The van der Waals surface area contributed by atoms with E-state index in [9.17, 15) is 9.59 Å².